The molecule has 1 saturated heterocycles. The first-order valence-electron chi connectivity index (χ1n) is 6.55. The van der Waals surface area contributed by atoms with Gasteiger partial charge in [-0.05, 0) is 69.6 Å². The average Bonchev–Trinajstić information content (AvgIpc) is 2.38. The molecule has 1 aliphatic heterocycles. The van der Waals surface area contributed by atoms with Crippen molar-refractivity contribution >= 4 is 43.7 Å². The van der Waals surface area contributed by atoms with Gasteiger partial charge in [0.05, 0.1) is 15.6 Å². The Kier molecular flexibility index (Phi) is 5.41. The van der Waals surface area contributed by atoms with E-state index in [4.69, 9.17) is 4.74 Å². The summed E-state index contributed by atoms with van der Waals surface area (Å²) in [4.78, 5) is 14.1. The molecule has 0 atom stereocenters. The van der Waals surface area contributed by atoms with Crippen molar-refractivity contribution in [1.82, 2.24) is 4.90 Å². The van der Waals surface area contributed by atoms with Crippen LogP contribution in [0.2, 0.25) is 0 Å². The van der Waals surface area contributed by atoms with Gasteiger partial charge < -0.3 is 9.64 Å². The van der Waals surface area contributed by atoms with Crippen LogP contribution in [-0.4, -0.2) is 37.4 Å². The Hall–Kier alpha value is -0.650. The highest BCUT2D eigenvalue weighted by molar-refractivity contribution is 9.11. The van der Waals surface area contributed by atoms with Gasteiger partial charge in [0.2, 0.25) is 0 Å². The first-order valence-corrected chi connectivity index (χ1v) is 8.14. The Morgan fingerprint density at radius 1 is 1.35 bits per heavy atom. The van der Waals surface area contributed by atoms with E-state index in [0.29, 0.717) is 19.6 Å². The molecule has 1 aliphatic rings. The van der Waals surface area contributed by atoms with Crippen molar-refractivity contribution < 1.29 is 9.53 Å². The number of ketones is 1. The van der Waals surface area contributed by atoms with E-state index < -0.39 is 0 Å². The lowest BCUT2D eigenvalue weighted by Gasteiger charge is -2.23. The Bertz CT molecular complexity index is 532. The number of carbonyl (C=O) groups is 1. The van der Waals surface area contributed by atoms with Gasteiger partial charge in [0.25, 0.3) is 0 Å². The summed E-state index contributed by atoms with van der Waals surface area (Å²) in [6.07, 6.45) is 2.56. The van der Waals surface area contributed by atoms with Crippen molar-refractivity contribution in [3.05, 3.63) is 32.2 Å². The molecule has 0 N–H and O–H groups in total. The first kappa shape index (κ1) is 15.7. The number of piperidine rings is 1. The second kappa shape index (κ2) is 6.87. The molecule has 0 unspecified atom stereocenters. The lowest BCUT2D eigenvalue weighted by molar-refractivity contribution is -0.117. The topological polar surface area (TPSA) is 29.5 Å². The summed E-state index contributed by atoms with van der Waals surface area (Å²) in [5.74, 6) is 1.03. The van der Waals surface area contributed by atoms with Crippen LogP contribution in [0.15, 0.2) is 26.7 Å². The molecule has 3 nitrogen and oxygen atoms in total. The standard InChI is InChI=1S/C15H17Br2NO2/c1-3-20-15-12(16)7-10(8-13(15)17)6-11-9-18(2)5-4-14(11)19/h6-8H,3-5,9H2,1-2H3/b11-6+. The van der Waals surface area contributed by atoms with E-state index in [2.05, 4.69) is 36.8 Å². The number of likely N-dealkylation sites (tertiary alicyclic amines) is 1. The third kappa shape index (κ3) is 3.71. The molecular weight excluding hydrogens is 386 g/mol. The lowest BCUT2D eigenvalue weighted by Crippen LogP contribution is -2.32. The van der Waals surface area contributed by atoms with Crippen LogP contribution in [0.4, 0.5) is 0 Å². The Morgan fingerprint density at radius 2 is 2.00 bits per heavy atom. The molecule has 20 heavy (non-hydrogen) atoms. The average molecular weight is 403 g/mol. The predicted octanol–water partition coefficient (Wildman–Crippen LogP) is 3.90. The molecule has 5 heteroatoms. The Balaban J connectivity index is 2.31. The minimum Gasteiger partial charge on any atom is -0.492 e. The molecule has 0 bridgehead atoms. The summed E-state index contributed by atoms with van der Waals surface area (Å²) < 4.78 is 7.33. The minimum absolute atomic E-state index is 0.240. The van der Waals surface area contributed by atoms with Gasteiger partial charge in [0, 0.05) is 25.1 Å². The van der Waals surface area contributed by atoms with Crippen LogP contribution in [-0.2, 0) is 4.79 Å². The van der Waals surface area contributed by atoms with Gasteiger partial charge in [-0.25, -0.2) is 0 Å². The molecule has 0 amide bonds. The van der Waals surface area contributed by atoms with Gasteiger partial charge in [-0.15, -0.1) is 0 Å². The molecule has 2 rings (SSSR count). The third-order valence-electron chi connectivity index (χ3n) is 3.17. The van der Waals surface area contributed by atoms with E-state index >= 15 is 0 Å². The summed E-state index contributed by atoms with van der Waals surface area (Å²) in [5, 5.41) is 0. The van der Waals surface area contributed by atoms with Crippen molar-refractivity contribution in [2.24, 2.45) is 0 Å². The Morgan fingerprint density at radius 3 is 2.60 bits per heavy atom. The normalized spacial score (nSPS) is 18.6. The summed E-state index contributed by atoms with van der Waals surface area (Å²) in [5.41, 5.74) is 1.85. The van der Waals surface area contributed by atoms with E-state index in [0.717, 1.165) is 32.4 Å². The summed E-state index contributed by atoms with van der Waals surface area (Å²) >= 11 is 7.02. The van der Waals surface area contributed by atoms with Gasteiger partial charge in [0.1, 0.15) is 5.75 Å². The monoisotopic (exact) mass is 401 g/mol. The van der Waals surface area contributed by atoms with Crippen LogP contribution in [0.1, 0.15) is 18.9 Å². The molecule has 0 aromatic heterocycles. The van der Waals surface area contributed by atoms with Crippen LogP contribution in [0, 0.1) is 0 Å². The number of hydrogen-bond acceptors (Lipinski definition) is 3. The molecule has 108 valence electrons. The SMILES string of the molecule is CCOc1c(Br)cc(/C=C2\CN(C)CCC2=O)cc1Br. The van der Waals surface area contributed by atoms with Crippen LogP contribution in [0.3, 0.4) is 0 Å². The smallest absolute Gasteiger partial charge is 0.161 e. The van der Waals surface area contributed by atoms with Gasteiger partial charge in [-0.1, -0.05) is 0 Å². The van der Waals surface area contributed by atoms with Crippen molar-refractivity contribution in [2.45, 2.75) is 13.3 Å². The quantitative estimate of drug-likeness (QED) is 0.718. The second-order valence-electron chi connectivity index (χ2n) is 4.83. The molecule has 1 heterocycles. The molecule has 0 spiro atoms. The van der Waals surface area contributed by atoms with Crippen LogP contribution < -0.4 is 4.74 Å². The van der Waals surface area contributed by atoms with Gasteiger partial charge in [0.15, 0.2) is 5.78 Å². The van der Waals surface area contributed by atoms with Gasteiger partial charge in [-0.2, -0.15) is 0 Å². The molecule has 0 aliphatic carbocycles. The maximum atomic E-state index is 11.9. The fraction of sp³-hybridized carbons (Fsp3) is 0.400. The molecule has 1 aromatic rings. The Labute approximate surface area is 136 Å². The van der Waals surface area contributed by atoms with Crippen LogP contribution >= 0.6 is 31.9 Å². The van der Waals surface area contributed by atoms with Gasteiger partial charge in [-0.3, -0.25) is 4.79 Å². The highest BCUT2D eigenvalue weighted by atomic mass is 79.9. The molecule has 0 saturated carbocycles. The summed E-state index contributed by atoms with van der Waals surface area (Å²) in [6, 6.07) is 3.95. The van der Waals surface area contributed by atoms with Crippen LogP contribution in [0.5, 0.6) is 5.75 Å². The number of rotatable bonds is 3. The summed E-state index contributed by atoms with van der Waals surface area (Å²) in [6.45, 7) is 4.11. The number of nitrogens with zero attached hydrogens (tertiary/aromatic N) is 1. The number of Topliss-reactive ketones (excluding diaryl/α,β-unsaturated/α-hetero) is 1. The number of carbonyl (C=O) groups excluding carboxylic acids is 1. The van der Waals surface area contributed by atoms with Crippen LogP contribution in [0.25, 0.3) is 6.08 Å². The lowest BCUT2D eigenvalue weighted by atomic mass is 10.0. The van der Waals surface area contributed by atoms with E-state index in [9.17, 15) is 4.79 Å². The van der Waals surface area contributed by atoms with Crippen molar-refractivity contribution in [1.29, 1.82) is 0 Å². The maximum absolute atomic E-state index is 11.9. The highest BCUT2D eigenvalue weighted by Gasteiger charge is 2.18. The number of benzene rings is 1. The molecule has 0 radical (unpaired) electrons. The van der Waals surface area contributed by atoms with E-state index in [1.54, 1.807) is 0 Å². The van der Waals surface area contributed by atoms with E-state index in [1.807, 2.05) is 32.2 Å². The number of ether oxygens (including phenoxy) is 1. The predicted molar refractivity (Wildman–Crippen MR) is 88.1 cm³/mol. The highest BCUT2D eigenvalue weighted by Crippen LogP contribution is 2.35. The largest absolute Gasteiger partial charge is 0.492 e. The molecular formula is C15H17Br2NO2. The molecule has 1 fully saturated rings. The number of likely N-dealkylation sites (N-methyl/N-ethyl adjacent to an activating group) is 1. The van der Waals surface area contributed by atoms with Crippen molar-refractivity contribution in [3.8, 4) is 5.75 Å². The maximum Gasteiger partial charge on any atom is 0.161 e. The van der Waals surface area contributed by atoms with Gasteiger partial charge >= 0.3 is 0 Å². The fourth-order valence-corrected chi connectivity index (χ4v) is 3.63. The van der Waals surface area contributed by atoms with E-state index in [-0.39, 0.29) is 5.78 Å². The van der Waals surface area contributed by atoms with Crippen molar-refractivity contribution in [2.75, 3.05) is 26.7 Å². The molecule has 1 aromatic carbocycles. The minimum atomic E-state index is 0.240. The second-order valence-corrected chi connectivity index (χ2v) is 6.54. The third-order valence-corrected chi connectivity index (χ3v) is 4.35. The zero-order chi connectivity index (χ0) is 14.7. The summed E-state index contributed by atoms with van der Waals surface area (Å²) in [7, 11) is 2.03. The number of hydrogen-bond donors (Lipinski definition) is 0. The van der Waals surface area contributed by atoms with E-state index in [1.165, 1.54) is 0 Å². The zero-order valence-corrected chi connectivity index (χ0v) is 14.8. The first-order chi connectivity index (χ1) is 9.51. The number of halogens is 2. The zero-order valence-electron chi connectivity index (χ0n) is 11.6. The van der Waals surface area contributed by atoms with Crippen molar-refractivity contribution in [3.63, 3.8) is 0 Å². The fourth-order valence-electron chi connectivity index (χ4n) is 2.18.